The molecule has 0 fully saturated rings. The number of benzene rings is 2. The molecule has 0 bridgehead atoms. The van der Waals surface area contributed by atoms with Crippen molar-refractivity contribution in [2.45, 2.75) is 6.92 Å². The third kappa shape index (κ3) is 2.91. The van der Waals surface area contributed by atoms with E-state index in [0.29, 0.717) is 22.4 Å². The standard InChI is InChI=1S/C23H18N4O/c1-16-17(14-19(15-24)26(16)2)12-13-22-25-21-11-7-6-10-20(21)23(28)27(22)18-8-4-3-5-9-18/h3-14H,1-2H3/b13-12+. The number of fused-ring (bicyclic) bond motifs is 1. The number of para-hydroxylation sites is 2. The fourth-order valence-corrected chi connectivity index (χ4v) is 3.25. The highest BCUT2D eigenvalue weighted by Gasteiger charge is 2.11. The van der Waals surface area contributed by atoms with Crippen LogP contribution >= 0.6 is 0 Å². The summed E-state index contributed by atoms with van der Waals surface area (Å²) in [5.74, 6) is 0.539. The SMILES string of the molecule is Cc1c(/C=C/c2nc3ccccc3c(=O)n2-c2ccccc2)cc(C#N)n1C. The summed E-state index contributed by atoms with van der Waals surface area (Å²) in [6, 6.07) is 20.8. The first-order chi connectivity index (χ1) is 13.6. The predicted molar refractivity (Wildman–Crippen MR) is 111 cm³/mol. The average Bonchev–Trinajstić information content (AvgIpc) is 3.01. The molecule has 2 aromatic carbocycles. The number of hydrogen-bond acceptors (Lipinski definition) is 3. The van der Waals surface area contributed by atoms with Crippen molar-refractivity contribution in [3.05, 3.63) is 93.8 Å². The van der Waals surface area contributed by atoms with Crippen LogP contribution in [0, 0.1) is 18.3 Å². The Balaban J connectivity index is 1.94. The van der Waals surface area contributed by atoms with Crippen molar-refractivity contribution in [3.63, 3.8) is 0 Å². The van der Waals surface area contributed by atoms with Crippen molar-refractivity contribution in [2.24, 2.45) is 7.05 Å². The highest BCUT2D eigenvalue weighted by Crippen LogP contribution is 2.18. The molecule has 5 nitrogen and oxygen atoms in total. The highest BCUT2D eigenvalue weighted by atomic mass is 16.1. The topological polar surface area (TPSA) is 63.6 Å². The van der Waals surface area contributed by atoms with E-state index < -0.39 is 0 Å². The van der Waals surface area contributed by atoms with E-state index in [2.05, 4.69) is 6.07 Å². The zero-order valence-electron chi connectivity index (χ0n) is 15.6. The summed E-state index contributed by atoms with van der Waals surface area (Å²) < 4.78 is 3.46. The fourth-order valence-electron chi connectivity index (χ4n) is 3.25. The lowest BCUT2D eigenvalue weighted by atomic mass is 10.2. The second kappa shape index (κ2) is 7.01. The molecule has 0 aliphatic rings. The molecule has 0 radical (unpaired) electrons. The van der Waals surface area contributed by atoms with Gasteiger partial charge in [0.1, 0.15) is 17.6 Å². The Morgan fingerprint density at radius 3 is 2.46 bits per heavy atom. The molecule has 2 heterocycles. The summed E-state index contributed by atoms with van der Waals surface area (Å²) in [6.07, 6.45) is 3.72. The number of nitrogens with zero attached hydrogens (tertiary/aromatic N) is 4. The lowest BCUT2D eigenvalue weighted by molar-refractivity contribution is 0.865. The smallest absolute Gasteiger partial charge is 0.266 e. The monoisotopic (exact) mass is 366 g/mol. The van der Waals surface area contributed by atoms with Gasteiger partial charge in [0.05, 0.1) is 16.6 Å². The van der Waals surface area contributed by atoms with Crippen LogP contribution in [0.2, 0.25) is 0 Å². The van der Waals surface area contributed by atoms with Crippen molar-refractivity contribution in [3.8, 4) is 11.8 Å². The van der Waals surface area contributed by atoms with Gasteiger partial charge in [0.15, 0.2) is 0 Å². The van der Waals surface area contributed by atoms with Gasteiger partial charge in [-0.3, -0.25) is 9.36 Å². The van der Waals surface area contributed by atoms with Crippen LogP contribution in [0.3, 0.4) is 0 Å². The first-order valence-corrected chi connectivity index (χ1v) is 8.92. The largest absolute Gasteiger partial charge is 0.339 e. The van der Waals surface area contributed by atoms with Gasteiger partial charge in [0.2, 0.25) is 0 Å². The summed E-state index contributed by atoms with van der Waals surface area (Å²) in [6.45, 7) is 1.96. The molecule has 5 heteroatoms. The van der Waals surface area contributed by atoms with Gasteiger partial charge >= 0.3 is 0 Å². The summed E-state index contributed by atoms with van der Waals surface area (Å²) in [4.78, 5) is 17.9. The summed E-state index contributed by atoms with van der Waals surface area (Å²) in [5, 5.41) is 9.81. The summed E-state index contributed by atoms with van der Waals surface area (Å²) >= 11 is 0. The first-order valence-electron chi connectivity index (χ1n) is 8.92. The van der Waals surface area contributed by atoms with Crippen LogP contribution in [0.1, 0.15) is 22.8 Å². The Bertz CT molecular complexity index is 1300. The quantitative estimate of drug-likeness (QED) is 0.549. The molecule has 0 aliphatic heterocycles. The minimum absolute atomic E-state index is 0.112. The van der Waals surface area contributed by atoms with Crippen LogP contribution in [-0.2, 0) is 7.05 Å². The molecule has 28 heavy (non-hydrogen) atoms. The van der Waals surface area contributed by atoms with Crippen LogP contribution in [0.5, 0.6) is 0 Å². The molecule has 0 saturated heterocycles. The van der Waals surface area contributed by atoms with Crippen molar-refractivity contribution >= 4 is 23.1 Å². The molecule has 0 unspecified atom stereocenters. The highest BCUT2D eigenvalue weighted by molar-refractivity contribution is 5.80. The van der Waals surface area contributed by atoms with E-state index in [1.54, 1.807) is 10.6 Å². The normalized spacial score (nSPS) is 11.2. The molecule has 0 aliphatic carbocycles. The van der Waals surface area contributed by atoms with Crippen molar-refractivity contribution < 1.29 is 0 Å². The van der Waals surface area contributed by atoms with Gasteiger partial charge in [-0.05, 0) is 55.0 Å². The van der Waals surface area contributed by atoms with Crippen molar-refractivity contribution in [1.29, 1.82) is 5.26 Å². The third-order valence-corrected chi connectivity index (χ3v) is 4.92. The zero-order chi connectivity index (χ0) is 19.7. The van der Waals surface area contributed by atoms with Gasteiger partial charge in [0, 0.05) is 12.7 Å². The number of rotatable bonds is 3. The Labute approximate surface area is 162 Å². The molecule has 4 aromatic rings. The van der Waals surface area contributed by atoms with Crippen LogP contribution in [-0.4, -0.2) is 14.1 Å². The fraction of sp³-hybridized carbons (Fsp3) is 0.0870. The first kappa shape index (κ1) is 17.5. The average molecular weight is 366 g/mol. The van der Waals surface area contributed by atoms with E-state index in [0.717, 1.165) is 16.9 Å². The Morgan fingerprint density at radius 1 is 1.04 bits per heavy atom. The second-order valence-electron chi connectivity index (χ2n) is 6.54. The Hall–Kier alpha value is -3.91. The molecule has 0 N–H and O–H groups in total. The van der Waals surface area contributed by atoms with Crippen LogP contribution in [0.4, 0.5) is 0 Å². The molecule has 0 atom stereocenters. The minimum atomic E-state index is -0.112. The van der Waals surface area contributed by atoms with Gasteiger partial charge in [-0.1, -0.05) is 30.3 Å². The van der Waals surface area contributed by atoms with E-state index in [9.17, 15) is 10.1 Å². The molecule has 136 valence electrons. The Morgan fingerprint density at radius 2 is 1.75 bits per heavy atom. The Kier molecular flexibility index (Phi) is 4.38. The van der Waals surface area contributed by atoms with Crippen molar-refractivity contribution in [1.82, 2.24) is 14.1 Å². The van der Waals surface area contributed by atoms with E-state index in [1.165, 1.54) is 0 Å². The number of hydrogen-bond donors (Lipinski definition) is 0. The molecule has 0 saturated carbocycles. The molecule has 0 spiro atoms. The molecular formula is C23H18N4O. The second-order valence-corrected chi connectivity index (χ2v) is 6.54. The van der Waals surface area contributed by atoms with E-state index >= 15 is 0 Å². The predicted octanol–water partition coefficient (Wildman–Crippen LogP) is 4.07. The van der Waals surface area contributed by atoms with Crippen LogP contribution in [0.15, 0.2) is 65.5 Å². The summed E-state index contributed by atoms with van der Waals surface area (Å²) in [5.41, 5.74) is 3.78. The summed E-state index contributed by atoms with van der Waals surface area (Å²) in [7, 11) is 1.86. The lowest BCUT2D eigenvalue weighted by Crippen LogP contribution is -2.22. The lowest BCUT2D eigenvalue weighted by Gasteiger charge is -2.11. The molecular weight excluding hydrogens is 348 g/mol. The maximum Gasteiger partial charge on any atom is 0.266 e. The van der Waals surface area contributed by atoms with Gasteiger partial charge in [-0.25, -0.2) is 4.98 Å². The van der Waals surface area contributed by atoms with E-state index in [-0.39, 0.29) is 5.56 Å². The third-order valence-electron chi connectivity index (χ3n) is 4.92. The van der Waals surface area contributed by atoms with E-state index in [4.69, 9.17) is 4.98 Å². The molecule has 4 rings (SSSR count). The van der Waals surface area contributed by atoms with E-state index in [1.807, 2.05) is 85.3 Å². The van der Waals surface area contributed by atoms with Gasteiger partial charge in [-0.15, -0.1) is 0 Å². The maximum atomic E-state index is 13.2. The maximum absolute atomic E-state index is 13.2. The van der Waals surface area contributed by atoms with Crippen LogP contribution < -0.4 is 5.56 Å². The van der Waals surface area contributed by atoms with Gasteiger partial charge in [-0.2, -0.15) is 5.26 Å². The van der Waals surface area contributed by atoms with Gasteiger partial charge < -0.3 is 4.57 Å². The molecule has 2 aromatic heterocycles. The minimum Gasteiger partial charge on any atom is -0.339 e. The number of aromatic nitrogens is 3. The van der Waals surface area contributed by atoms with Crippen molar-refractivity contribution in [2.75, 3.05) is 0 Å². The van der Waals surface area contributed by atoms with Crippen LogP contribution in [0.25, 0.3) is 28.7 Å². The number of nitriles is 1. The zero-order valence-corrected chi connectivity index (χ0v) is 15.6. The molecule has 0 amide bonds. The van der Waals surface area contributed by atoms with Gasteiger partial charge in [0.25, 0.3) is 5.56 Å².